The highest BCUT2D eigenvalue weighted by Crippen LogP contribution is 2.55. The van der Waals surface area contributed by atoms with Crippen molar-refractivity contribution in [2.45, 2.75) is 30.7 Å². The fourth-order valence-corrected chi connectivity index (χ4v) is 2.58. The number of hydrogen-bond donors (Lipinski definition) is 4. The van der Waals surface area contributed by atoms with Crippen LogP contribution in [0.15, 0.2) is 0 Å². The Balaban J connectivity index is 2.17. The third kappa shape index (κ3) is 1.95. The first-order chi connectivity index (χ1) is 6.94. The fraction of sp³-hybridized carbons (Fsp3) is 1.00. The molecule has 0 radical (unpaired) electrons. The Hall–Kier alpha value is -0.0500. The van der Waals surface area contributed by atoms with Crippen LogP contribution in [0.25, 0.3) is 0 Å². The normalized spacial score (nSPS) is 55.3. The summed E-state index contributed by atoms with van der Waals surface area (Å²) in [6, 6.07) is 0. The van der Waals surface area contributed by atoms with Gasteiger partial charge in [-0.2, -0.15) is 0 Å². The molecule has 15 heavy (non-hydrogen) atoms. The van der Waals surface area contributed by atoms with Crippen LogP contribution in [-0.2, 0) is 18.3 Å². The maximum Gasteiger partial charge on any atom is 0.475 e. The van der Waals surface area contributed by atoms with Gasteiger partial charge in [-0.05, 0) is 0 Å². The molecule has 6 atom stereocenters. The van der Waals surface area contributed by atoms with Gasteiger partial charge in [0.05, 0.1) is 6.61 Å². The summed E-state index contributed by atoms with van der Waals surface area (Å²) in [4.78, 5) is 8.96. The van der Waals surface area contributed by atoms with Crippen molar-refractivity contribution in [1.82, 2.24) is 0 Å². The highest BCUT2D eigenvalue weighted by Gasteiger charge is 2.55. The molecule has 88 valence electrons. The van der Waals surface area contributed by atoms with Crippen LogP contribution >= 0.6 is 7.82 Å². The number of phosphoric ester groups is 1. The molecule has 2 aliphatic rings. The Kier molecular flexibility index (Phi) is 2.87. The van der Waals surface area contributed by atoms with Crippen LogP contribution < -0.4 is 0 Å². The van der Waals surface area contributed by atoms with Crippen molar-refractivity contribution in [3.05, 3.63) is 0 Å². The average molecular weight is 242 g/mol. The molecule has 4 N–H and O–H groups in total. The predicted molar refractivity (Wildman–Crippen MR) is 43.5 cm³/mol. The second-order valence-corrected chi connectivity index (χ2v) is 4.71. The van der Waals surface area contributed by atoms with Crippen LogP contribution in [0.5, 0.6) is 0 Å². The van der Waals surface area contributed by atoms with Gasteiger partial charge >= 0.3 is 7.82 Å². The zero-order valence-corrected chi connectivity index (χ0v) is 8.36. The molecule has 0 bridgehead atoms. The smallest absolute Gasteiger partial charge is 0.394 e. The molecule has 0 amide bonds. The van der Waals surface area contributed by atoms with Gasteiger partial charge in [-0.3, -0.25) is 9.05 Å². The summed E-state index contributed by atoms with van der Waals surface area (Å²) in [5, 5.41) is 27.7. The van der Waals surface area contributed by atoms with Crippen molar-refractivity contribution in [3.63, 3.8) is 0 Å². The third-order valence-electron chi connectivity index (χ3n) is 2.32. The van der Waals surface area contributed by atoms with Crippen LogP contribution in [0.2, 0.25) is 0 Å². The fourth-order valence-electron chi connectivity index (χ4n) is 1.56. The molecule has 2 heterocycles. The number of ether oxygens (including phenoxy) is 1. The average Bonchev–Trinajstić information content (AvgIpc) is 2.47. The molecular weight excluding hydrogens is 231 g/mol. The number of phosphoric acid groups is 1. The Morgan fingerprint density at radius 1 is 1.20 bits per heavy atom. The summed E-state index contributed by atoms with van der Waals surface area (Å²) in [6.07, 6.45) is -6.38. The largest absolute Gasteiger partial charge is 0.475 e. The van der Waals surface area contributed by atoms with Gasteiger partial charge in [-0.1, -0.05) is 0 Å². The van der Waals surface area contributed by atoms with E-state index in [2.05, 4.69) is 9.05 Å². The zero-order valence-electron chi connectivity index (χ0n) is 7.46. The summed E-state index contributed by atoms with van der Waals surface area (Å²) >= 11 is 0. The first-order valence-electron chi connectivity index (χ1n) is 4.26. The van der Waals surface area contributed by atoms with E-state index in [1.165, 1.54) is 0 Å². The van der Waals surface area contributed by atoms with E-state index in [4.69, 9.17) is 14.7 Å². The zero-order chi connectivity index (χ0) is 11.2. The maximum atomic E-state index is 11.0. The SMILES string of the molecule is O=P1(O)OC2O[C@H](CO)[C@@H](O)[C@H](O)[C@H]2O1. The number of aliphatic hydroxyl groups is 3. The molecule has 8 nitrogen and oxygen atoms in total. The lowest BCUT2D eigenvalue weighted by Crippen LogP contribution is -2.57. The highest BCUT2D eigenvalue weighted by atomic mass is 31.2. The van der Waals surface area contributed by atoms with Gasteiger partial charge in [0.15, 0.2) is 6.29 Å². The summed E-state index contributed by atoms with van der Waals surface area (Å²) < 4.78 is 24.9. The van der Waals surface area contributed by atoms with Crippen LogP contribution in [0.1, 0.15) is 0 Å². The molecular formula is C6H11O8P. The van der Waals surface area contributed by atoms with E-state index in [-0.39, 0.29) is 0 Å². The van der Waals surface area contributed by atoms with E-state index in [1.807, 2.05) is 0 Å². The molecule has 0 aromatic rings. The maximum absolute atomic E-state index is 11.0. The van der Waals surface area contributed by atoms with Crippen molar-refractivity contribution in [3.8, 4) is 0 Å². The molecule has 0 saturated carbocycles. The topological polar surface area (TPSA) is 126 Å². The molecule has 2 unspecified atom stereocenters. The van der Waals surface area contributed by atoms with Crippen molar-refractivity contribution >= 4 is 7.82 Å². The minimum absolute atomic E-state index is 0.541. The van der Waals surface area contributed by atoms with E-state index in [0.717, 1.165) is 0 Å². The standard InChI is InChI=1S/C6H11O8P/c7-1-2-3(8)4(9)5-6(12-2)14-15(10,11)13-5/h2-9H,1H2,(H,10,11)/t2-,3-,4+,5-,6?/m1/s1. The first kappa shape index (κ1) is 11.4. The second kappa shape index (κ2) is 3.76. The first-order valence-corrected chi connectivity index (χ1v) is 5.76. The predicted octanol–water partition coefficient (Wildman–Crippen LogP) is -2.06. The second-order valence-electron chi connectivity index (χ2n) is 3.35. The van der Waals surface area contributed by atoms with Gasteiger partial charge in [0, 0.05) is 0 Å². The monoisotopic (exact) mass is 242 g/mol. The van der Waals surface area contributed by atoms with E-state index in [9.17, 15) is 14.8 Å². The van der Waals surface area contributed by atoms with Gasteiger partial charge in [-0.25, -0.2) is 4.57 Å². The Morgan fingerprint density at radius 3 is 2.47 bits per heavy atom. The van der Waals surface area contributed by atoms with Crippen molar-refractivity contribution in [1.29, 1.82) is 0 Å². The molecule has 0 spiro atoms. The molecule has 0 aliphatic carbocycles. The summed E-state index contributed by atoms with van der Waals surface area (Å²) in [5.41, 5.74) is 0. The van der Waals surface area contributed by atoms with Crippen molar-refractivity contribution in [2.24, 2.45) is 0 Å². The van der Waals surface area contributed by atoms with Crippen LogP contribution in [0.3, 0.4) is 0 Å². The Bertz CT molecular complexity index is 295. The number of rotatable bonds is 1. The van der Waals surface area contributed by atoms with Crippen LogP contribution in [-0.4, -0.2) is 57.5 Å². The lowest BCUT2D eigenvalue weighted by molar-refractivity contribution is -0.249. The van der Waals surface area contributed by atoms with E-state index < -0.39 is 45.1 Å². The summed E-state index contributed by atoms with van der Waals surface area (Å²) in [7, 11) is -4.23. The van der Waals surface area contributed by atoms with E-state index >= 15 is 0 Å². The third-order valence-corrected chi connectivity index (χ3v) is 3.30. The van der Waals surface area contributed by atoms with Gasteiger partial charge in [0.25, 0.3) is 0 Å². The highest BCUT2D eigenvalue weighted by molar-refractivity contribution is 7.47. The quantitative estimate of drug-likeness (QED) is 0.387. The van der Waals surface area contributed by atoms with Gasteiger partial charge in [-0.15, -0.1) is 0 Å². The van der Waals surface area contributed by atoms with Gasteiger partial charge in [0.1, 0.15) is 24.4 Å². The molecule has 2 fully saturated rings. The lowest BCUT2D eigenvalue weighted by Gasteiger charge is -2.36. The molecule has 0 aromatic carbocycles. The minimum atomic E-state index is -4.23. The lowest BCUT2D eigenvalue weighted by atomic mass is 10.00. The molecule has 2 rings (SSSR count). The van der Waals surface area contributed by atoms with Crippen molar-refractivity contribution < 1.29 is 38.6 Å². The number of hydrogen-bond acceptors (Lipinski definition) is 7. The Labute approximate surface area is 84.6 Å². The minimum Gasteiger partial charge on any atom is -0.394 e. The molecule has 2 saturated heterocycles. The summed E-state index contributed by atoms with van der Waals surface area (Å²) in [6.45, 7) is -0.541. The molecule has 0 aromatic heterocycles. The van der Waals surface area contributed by atoms with E-state index in [1.54, 1.807) is 0 Å². The molecule has 2 aliphatic heterocycles. The summed E-state index contributed by atoms with van der Waals surface area (Å²) in [5.74, 6) is 0. The number of fused-ring (bicyclic) bond motifs is 1. The molecule has 9 heteroatoms. The van der Waals surface area contributed by atoms with Crippen LogP contribution in [0.4, 0.5) is 0 Å². The van der Waals surface area contributed by atoms with Crippen molar-refractivity contribution in [2.75, 3.05) is 6.61 Å². The van der Waals surface area contributed by atoms with Crippen LogP contribution in [0, 0.1) is 0 Å². The van der Waals surface area contributed by atoms with Gasteiger partial charge < -0.3 is 24.9 Å². The number of aliphatic hydroxyl groups excluding tert-OH is 3. The van der Waals surface area contributed by atoms with Gasteiger partial charge in [0.2, 0.25) is 0 Å². The Morgan fingerprint density at radius 2 is 1.87 bits per heavy atom. The van der Waals surface area contributed by atoms with E-state index in [0.29, 0.717) is 0 Å².